The van der Waals surface area contributed by atoms with Crippen LogP contribution in [0.5, 0.6) is 5.75 Å². The first-order chi connectivity index (χ1) is 19.6. The molecule has 0 fully saturated rings. The monoisotopic (exact) mass is 545 g/mol. The summed E-state index contributed by atoms with van der Waals surface area (Å²) in [6.07, 6.45) is 5.06. The van der Waals surface area contributed by atoms with E-state index in [4.69, 9.17) is 9.72 Å². The van der Waals surface area contributed by atoms with Gasteiger partial charge in [-0.3, -0.25) is 4.79 Å². The molecule has 4 heteroatoms. The van der Waals surface area contributed by atoms with Crippen molar-refractivity contribution in [2.45, 2.75) is 50.5 Å². The molecular formula is C36H35NO2S. The van der Waals surface area contributed by atoms with Crippen LogP contribution in [0.1, 0.15) is 48.1 Å². The number of rotatable bonds is 13. The molecule has 0 saturated heterocycles. The zero-order valence-corrected chi connectivity index (χ0v) is 23.6. The first-order valence-corrected chi connectivity index (χ1v) is 14.4. The van der Waals surface area contributed by atoms with Gasteiger partial charge in [0.15, 0.2) is 5.12 Å². The second kappa shape index (κ2) is 13.5. The fraction of sp³-hybridized carbons (Fsp3) is 0.222. The maximum Gasteiger partial charge on any atom is 0.186 e. The summed E-state index contributed by atoms with van der Waals surface area (Å²) in [6.45, 7) is 0.398. The molecule has 3 nitrogen and oxygen atoms in total. The Morgan fingerprint density at radius 3 is 2.05 bits per heavy atom. The molecule has 0 N–H and O–H groups in total. The molecule has 0 aliphatic heterocycles. The van der Waals surface area contributed by atoms with E-state index in [9.17, 15) is 4.79 Å². The number of thiol groups is 1. The Morgan fingerprint density at radius 1 is 0.700 bits per heavy atom. The lowest BCUT2D eigenvalue weighted by atomic mass is 9.70. The molecule has 0 amide bonds. The number of aromatic nitrogens is 1. The van der Waals surface area contributed by atoms with Crippen LogP contribution >= 0.6 is 12.6 Å². The highest BCUT2D eigenvalue weighted by Gasteiger charge is 2.33. The quantitative estimate of drug-likeness (QED) is 0.151. The molecule has 0 bridgehead atoms. The highest BCUT2D eigenvalue weighted by molar-refractivity contribution is 7.96. The lowest BCUT2D eigenvalue weighted by molar-refractivity contribution is -0.112. The Balaban J connectivity index is 1.34. The van der Waals surface area contributed by atoms with Gasteiger partial charge in [0.2, 0.25) is 0 Å². The molecule has 0 aliphatic carbocycles. The standard InChI is InChI=1S/C36H35NO2S/c38-35(40)26-36(25-23-29-12-5-2-6-13-29,24-9-14-28-10-3-1-4-11-28)31-18-21-33(22-19-31)39-27-32-20-17-30-15-7-8-16-34(30)37-32/h1-8,10-13,15-22H,9,14,23-27H2,(H,38,40). The molecule has 1 heterocycles. The minimum atomic E-state index is -0.304. The van der Waals surface area contributed by atoms with E-state index in [2.05, 4.69) is 85.4 Å². The van der Waals surface area contributed by atoms with E-state index in [0.29, 0.717) is 13.0 Å². The van der Waals surface area contributed by atoms with Crippen molar-refractivity contribution in [3.05, 3.63) is 144 Å². The van der Waals surface area contributed by atoms with E-state index in [1.807, 2.05) is 48.5 Å². The fourth-order valence-corrected chi connectivity index (χ4v) is 5.84. The van der Waals surface area contributed by atoms with Crippen molar-refractivity contribution in [3.63, 3.8) is 0 Å². The molecule has 40 heavy (non-hydrogen) atoms. The normalized spacial score (nSPS) is 12.6. The summed E-state index contributed by atoms with van der Waals surface area (Å²) >= 11 is 4.26. The predicted octanol–water partition coefficient (Wildman–Crippen LogP) is 8.55. The number of fused-ring (bicyclic) bond motifs is 1. The van der Waals surface area contributed by atoms with E-state index in [1.54, 1.807) is 0 Å². The first-order valence-electron chi connectivity index (χ1n) is 14.0. The van der Waals surface area contributed by atoms with Crippen LogP contribution in [0, 0.1) is 0 Å². The van der Waals surface area contributed by atoms with Gasteiger partial charge in [-0.2, -0.15) is 0 Å². The number of carbonyl (C=O) groups excluding carboxylic acids is 1. The number of para-hydroxylation sites is 1. The molecule has 1 atom stereocenters. The average molecular weight is 546 g/mol. The third kappa shape index (κ3) is 7.40. The van der Waals surface area contributed by atoms with Crippen LogP contribution in [-0.4, -0.2) is 10.1 Å². The van der Waals surface area contributed by atoms with Gasteiger partial charge < -0.3 is 4.74 Å². The molecule has 0 aliphatic rings. The number of benzene rings is 4. The second-order valence-electron chi connectivity index (χ2n) is 10.5. The topological polar surface area (TPSA) is 39.2 Å². The van der Waals surface area contributed by atoms with Crippen molar-refractivity contribution in [3.8, 4) is 5.75 Å². The van der Waals surface area contributed by atoms with E-state index in [0.717, 1.165) is 60.0 Å². The summed E-state index contributed by atoms with van der Waals surface area (Å²) in [4.78, 5) is 17.2. The van der Waals surface area contributed by atoms with E-state index >= 15 is 0 Å². The van der Waals surface area contributed by atoms with Crippen LogP contribution in [0.15, 0.2) is 121 Å². The van der Waals surface area contributed by atoms with Gasteiger partial charge in [-0.15, -0.1) is 12.6 Å². The number of hydrogen-bond acceptors (Lipinski definition) is 3. The first kappa shape index (κ1) is 27.7. The molecule has 0 saturated carbocycles. The molecule has 5 aromatic rings. The van der Waals surface area contributed by atoms with E-state index < -0.39 is 0 Å². The number of carbonyl (C=O) groups is 1. The summed E-state index contributed by atoms with van der Waals surface area (Å²) in [6, 6.07) is 41.6. The fourth-order valence-electron chi connectivity index (χ4n) is 5.54. The lowest BCUT2D eigenvalue weighted by Crippen LogP contribution is -2.29. The Bertz CT molecular complexity index is 1520. The number of nitrogens with zero attached hydrogens (tertiary/aromatic N) is 1. The van der Waals surface area contributed by atoms with E-state index in [1.165, 1.54) is 11.1 Å². The maximum atomic E-state index is 12.5. The zero-order valence-electron chi connectivity index (χ0n) is 22.7. The van der Waals surface area contributed by atoms with Gasteiger partial charge in [0, 0.05) is 17.2 Å². The zero-order chi connectivity index (χ0) is 27.6. The number of pyridine rings is 1. The van der Waals surface area contributed by atoms with Crippen molar-refractivity contribution >= 4 is 28.6 Å². The summed E-state index contributed by atoms with van der Waals surface area (Å²) in [7, 11) is 0. The van der Waals surface area contributed by atoms with Crippen molar-refractivity contribution in [2.75, 3.05) is 0 Å². The van der Waals surface area contributed by atoms with Crippen LogP contribution in [0.4, 0.5) is 0 Å². The van der Waals surface area contributed by atoms with Crippen LogP contribution < -0.4 is 4.74 Å². The van der Waals surface area contributed by atoms with Crippen molar-refractivity contribution in [1.82, 2.24) is 4.98 Å². The highest BCUT2D eigenvalue weighted by atomic mass is 32.1. The Morgan fingerprint density at radius 2 is 1.35 bits per heavy atom. The van der Waals surface area contributed by atoms with Crippen molar-refractivity contribution < 1.29 is 9.53 Å². The highest BCUT2D eigenvalue weighted by Crippen LogP contribution is 2.40. The van der Waals surface area contributed by atoms with Gasteiger partial charge in [-0.1, -0.05) is 97.1 Å². The molecule has 1 aromatic heterocycles. The third-order valence-electron chi connectivity index (χ3n) is 7.70. The molecule has 5 rings (SSSR count). The SMILES string of the molecule is O=C(S)CC(CCCc1ccccc1)(CCc1ccccc1)c1ccc(OCc2ccc3ccccc3n2)cc1. The number of aryl methyl sites for hydroxylation is 2. The average Bonchev–Trinajstić information content (AvgIpc) is 3.00. The maximum absolute atomic E-state index is 12.5. The minimum absolute atomic E-state index is 0.0736. The summed E-state index contributed by atoms with van der Waals surface area (Å²) in [5.74, 6) is 0.789. The minimum Gasteiger partial charge on any atom is -0.487 e. The van der Waals surface area contributed by atoms with Gasteiger partial charge in [0.1, 0.15) is 12.4 Å². The van der Waals surface area contributed by atoms with E-state index in [-0.39, 0.29) is 10.5 Å². The summed E-state index contributed by atoms with van der Waals surface area (Å²) < 4.78 is 6.11. The van der Waals surface area contributed by atoms with Gasteiger partial charge in [-0.05, 0) is 73.1 Å². The van der Waals surface area contributed by atoms with Gasteiger partial charge in [0.25, 0.3) is 0 Å². The smallest absolute Gasteiger partial charge is 0.186 e. The Hall–Kier alpha value is -3.89. The molecule has 0 radical (unpaired) electrons. The Labute approximate surface area is 242 Å². The van der Waals surface area contributed by atoms with Gasteiger partial charge in [0.05, 0.1) is 11.2 Å². The lowest BCUT2D eigenvalue weighted by Gasteiger charge is -2.34. The Kier molecular flexibility index (Phi) is 9.30. The van der Waals surface area contributed by atoms with Crippen molar-refractivity contribution in [2.24, 2.45) is 0 Å². The third-order valence-corrected chi connectivity index (χ3v) is 7.86. The molecular weight excluding hydrogens is 510 g/mol. The summed E-state index contributed by atoms with van der Waals surface area (Å²) in [5, 5.41) is 1.05. The molecule has 202 valence electrons. The van der Waals surface area contributed by atoms with Crippen LogP contribution in [0.3, 0.4) is 0 Å². The molecule has 1 unspecified atom stereocenters. The van der Waals surface area contributed by atoms with Crippen molar-refractivity contribution in [1.29, 1.82) is 0 Å². The van der Waals surface area contributed by atoms with Gasteiger partial charge in [-0.25, -0.2) is 4.98 Å². The number of ether oxygens (including phenoxy) is 1. The molecule has 0 spiro atoms. The largest absolute Gasteiger partial charge is 0.487 e. The molecule has 4 aromatic carbocycles. The van der Waals surface area contributed by atoms with Crippen LogP contribution in [-0.2, 0) is 29.7 Å². The predicted molar refractivity (Wildman–Crippen MR) is 167 cm³/mol. The van der Waals surface area contributed by atoms with Gasteiger partial charge >= 0.3 is 0 Å². The van der Waals surface area contributed by atoms with Crippen LogP contribution in [0.2, 0.25) is 0 Å². The van der Waals surface area contributed by atoms with Crippen LogP contribution in [0.25, 0.3) is 10.9 Å². The second-order valence-corrected chi connectivity index (χ2v) is 11.0. The summed E-state index contributed by atoms with van der Waals surface area (Å²) in [5.41, 5.74) is 5.32. The number of hydrogen-bond donors (Lipinski definition) is 1.